The standard InChI is InChI=1S/C15H16BrN3/c1-2-7-19-8-5-14(6-9-19)18-15-4-3-13(16)10-12(15)11-17/h1,3-4,10,14,18H,5-9H2. The predicted molar refractivity (Wildman–Crippen MR) is 80.8 cm³/mol. The van der Waals surface area contributed by atoms with Gasteiger partial charge in [0.25, 0.3) is 0 Å². The number of nitrogens with one attached hydrogen (secondary N) is 1. The minimum atomic E-state index is 0.419. The lowest BCUT2D eigenvalue weighted by molar-refractivity contribution is 0.243. The molecule has 0 aromatic heterocycles. The SMILES string of the molecule is C#CCN1CCC(Nc2ccc(Br)cc2C#N)CC1. The summed E-state index contributed by atoms with van der Waals surface area (Å²) in [5.41, 5.74) is 1.60. The quantitative estimate of drug-likeness (QED) is 0.871. The van der Waals surface area contributed by atoms with Gasteiger partial charge < -0.3 is 5.32 Å². The van der Waals surface area contributed by atoms with Crippen molar-refractivity contribution in [2.24, 2.45) is 0 Å². The molecule has 1 aliphatic heterocycles. The number of terminal acetylenes is 1. The van der Waals surface area contributed by atoms with E-state index in [1.807, 2.05) is 18.2 Å². The molecule has 0 bridgehead atoms. The van der Waals surface area contributed by atoms with E-state index < -0.39 is 0 Å². The topological polar surface area (TPSA) is 39.1 Å². The van der Waals surface area contributed by atoms with Gasteiger partial charge in [0.05, 0.1) is 17.8 Å². The zero-order valence-corrected chi connectivity index (χ0v) is 12.3. The van der Waals surface area contributed by atoms with Gasteiger partial charge in [0.15, 0.2) is 0 Å². The van der Waals surface area contributed by atoms with Crippen molar-refractivity contribution in [1.82, 2.24) is 4.90 Å². The molecule has 1 fully saturated rings. The molecule has 0 amide bonds. The smallest absolute Gasteiger partial charge is 0.101 e. The molecule has 98 valence electrons. The molecular weight excluding hydrogens is 302 g/mol. The number of piperidine rings is 1. The summed E-state index contributed by atoms with van der Waals surface area (Å²) >= 11 is 3.38. The van der Waals surface area contributed by atoms with Crippen LogP contribution in [0.4, 0.5) is 5.69 Å². The van der Waals surface area contributed by atoms with Crippen LogP contribution < -0.4 is 5.32 Å². The second kappa shape index (κ2) is 6.61. The molecule has 1 aromatic carbocycles. The number of nitrogens with zero attached hydrogens (tertiary/aromatic N) is 2. The molecule has 3 nitrogen and oxygen atoms in total. The van der Waals surface area contributed by atoms with Gasteiger partial charge in [-0.2, -0.15) is 5.26 Å². The van der Waals surface area contributed by atoms with E-state index in [2.05, 4.69) is 38.1 Å². The first kappa shape index (κ1) is 13.9. The minimum Gasteiger partial charge on any atom is -0.381 e. The van der Waals surface area contributed by atoms with Crippen molar-refractivity contribution in [2.75, 3.05) is 25.0 Å². The molecule has 0 spiro atoms. The van der Waals surface area contributed by atoms with Gasteiger partial charge in [0.1, 0.15) is 6.07 Å². The molecule has 19 heavy (non-hydrogen) atoms. The van der Waals surface area contributed by atoms with Crippen molar-refractivity contribution in [3.63, 3.8) is 0 Å². The number of anilines is 1. The summed E-state index contributed by atoms with van der Waals surface area (Å²) < 4.78 is 0.929. The van der Waals surface area contributed by atoms with Gasteiger partial charge in [-0.25, -0.2) is 0 Å². The highest BCUT2D eigenvalue weighted by Crippen LogP contribution is 2.23. The van der Waals surface area contributed by atoms with Crippen molar-refractivity contribution < 1.29 is 0 Å². The molecular formula is C15H16BrN3. The lowest BCUT2D eigenvalue weighted by Gasteiger charge is -2.31. The number of nitriles is 1. The Bertz CT molecular complexity index is 519. The van der Waals surface area contributed by atoms with Crippen LogP contribution in [0.3, 0.4) is 0 Å². The molecule has 0 atom stereocenters. The monoisotopic (exact) mass is 317 g/mol. The van der Waals surface area contributed by atoms with Crippen LogP contribution in [0.1, 0.15) is 18.4 Å². The maximum Gasteiger partial charge on any atom is 0.101 e. The van der Waals surface area contributed by atoms with Crippen molar-refractivity contribution in [2.45, 2.75) is 18.9 Å². The van der Waals surface area contributed by atoms with Crippen LogP contribution >= 0.6 is 15.9 Å². The van der Waals surface area contributed by atoms with Crippen LogP contribution in [-0.2, 0) is 0 Å². The van der Waals surface area contributed by atoms with Gasteiger partial charge in [0.2, 0.25) is 0 Å². The normalized spacial score (nSPS) is 16.6. The van der Waals surface area contributed by atoms with Gasteiger partial charge in [0, 0.05) is 23.6 Å². The van der Waals surface area contributed by atoms with Gasteiger partial charge in [-0.3, -0.25) is 4.90 Å². The third-order valence-corrected chi connectivity index (χ3v) is 3.86. The number of hydrogen-bond donors (Lipinski definition) is 1. The average molecular weight is 318 g/mol. The number of hydrogen-bond acceptors (Lipinski definition) is 3. The van der Waals surface area contributed by atoms with Gasteiger partial charge in [-0.05, 0) is 31.0 Å². The average Bonchev–Trinajstić information content (AvgIpc) is 2.43. The van der Waals surface area contributed by atoms with Crippen LogP contribution in [0.15, 0.2) is 22.7 Å². The third kappa shape index (κ3) is 3.73. The van der Waals surface area contributed by atoms with Crippen molar-refractivity contribution in [3.05, 3.63) is 28.2 Å². The van der Waals surface area contributed by atoms with Gasteiger partial charge in [-0.1, -0.05) is 21.9 Å². The summed E-state index contributed by atoms with van der Waals surface area (Å²) in [7, 11) is 0. The van der Waals surface area contributed by atoms with E-state index in [0.717, 1.165) is 42.6 Å². The van der Waals surface area contributed by atoms with Gasteiger partial charge >= 0.3 is 0 Å². The first-order valence-corrected chi connectivity index (χ1v) is 7.14. The molecule has 1 saturated heterocycles. The van der Waals surface area contributed by atoms with Crippen molar-refractivity contribution in [3.8, 4) is 18.4 Å². The highest BCUT2D eigenvalue weighted by atomic mass is 79.9. The second-order valence-corrected chi connectivity index (χ2v) is 5.62. The highest BCUT2D eigenvalue weighted by Gasteiger charge is 2.19. The van der Waals surface area contributed by atoms with E-state index in [9.17, 15) is 0 Å². The zero-order chi connectivity index (χ0) is 13.7. The second-order valence-electron chi connectivity index (χ2n) is 4.70. The fourth-order valence-electron chi connectivity index (χ4n) is 2.32. The Kier molecular flexibility index (Phi) is 4.85. The first-order valence-electron chi connectivity index (χ1n) is 6.35. The Hall–Kier alpha value is -1.49. The maximum absolute atomic E-state index is 9.14. The van der Waals surface area contributed by atoms with E-state index in [-0.39, 0.29) is 0 Å². The predicted octanol–water partition coefficient (Wildman–Crippen LogP) is 2.83. The Morgan fingerprint density at radius 1 is 1.42 bits per heavy atom. The van der Waals surface area contributed by atoms with E-state index in [0.29, 0.717) is 11.6 Å². The summed E-state index contributed by atoms with van der Waals surface area (Å²) in [6.45, 7) is 2.76. The van der Waals surface area contributed by atoms with E-state index in [1.165, 1.54) is 0 Å². The fraction of sp³-hybridized carbons (Fsp3) is 0.400. The lowest BCUT2D eigenvalue weighted by Crippen LogP contribution is -2.39. The van der Waals surface area contributed by atoms with E-state index in [1.54, 1.807) is 0 Å². The van der Waals surface area contributed by atoms with Crippen LogP contribution in [0, 0.1) is 23.7 Å². The molecule has 0 radical (unpaired) electrons. The molecule has 0 saturated carbocycles. The van der Waals surface area contributed by atoms with Crippen LogP contribution in [0.25, 0.3) is 0 Å². The third-order valence-electron chi connectivity index (χ3n) is 3.36. The number of rotatable bonds is 3. The molecule has 1 heterocycles. The number of likely N-dealkylation sites (tertiary alicyclic amines) is 1. The number of benzene rings is 1. The fourth-order valence-corrected chi connectivity index (χ4v) is 2.68. The summed E-state index contributed by atoms with van der Waals surface area (Å²) in [5, 5.41) is 12.6. The van der Waals surface area contributed by atoms with E-state index in [4.69, 9.17) is 11.7 Å². The van der Waals surface area contributed by atoms with Crippen LogP contribution in [0.2, 0.25) is 0 Å². The summed E-state index contributed by atoms with van der Waals surface area (Å²) in [6, 6.07) is 8.40. The Morgan fingerprint density at radius 2 is 2.16 bits per heavy atom. The largest absolute Gasteiger partial charge is 0.381 e. The number of halogens is 1. The van der Waals surface area contributed by atoms with E-state index >= 15 is 0 Å². The van der Waals surface area contributed by atoms with Crippen molar-refractivity contribution in [1.29, 1.82) is 5.26 Å². The molecule has 2 rings (SSSR count). The Morgan fingerprint density at radius 3 is 2.79 bits per heavy atom. The molecule has 1 aliphatic rings. The summed E-state index contributed by atoms with van der Waals surface area (Å²) in [5.74, 6) is 2.68. The maximum atomic E-state index is 9.14. The lowest BCUT2D eigenvalue weighted by atomic mass is 10.0. The minimum absolute atomic E-state index is 0.419. The molecule has 1 aromatic rings. The first-order chi connectivity index (χ1) is 9.22. The Labute approximate surface area is 122 Å². The van der Waals surface area contributed by atoms with Crippen LogP contribution in [0.5, 0.6) is 0 Å². The highest BCUT2D eigenvalue weighted by molar-refractivity contribution is 9.10. The summed E-state index contributed by atoms with van der Waals surface area (Å²) in [6.07, 6.45) is 7.44. The molecule has 0 unspecified atom stereocenters. The molecule has 0 aliphatic carbocycles. The molecule has 4 heteroatoms. The summed E-state index contributed by atoms with van der Waals surface area (Å²) in [4.78, 5) is 2.28. The zero-order valence-electron chi connectivity index (χ0n) is 10.7. The van der Waals surface area contributed by atoms with Gasteiger partial charge in [-0.15, -0.1) is 6.42 Å². The molecule has 1 N–H and O–H groups in total. The Balaban J connectivity index is 1.96. The van der Waals surface area contributed by atoms with Crippen LogP contribution in [-0.4, -0.2) is 30.6 Å². The van der Waals surface area contributed by atoms with Crippen molar-refractivity contribution >= 4 is 21.6 Å².